The fourth-order valence-corrected chi connectivity index (χ4v) is 4.40. The average Bonchev–Trinajstić information content (AvgIpc) is 2.93. The summed E-state index contributed by atoms with van der Waals surface area (Å²) in [6.45, 7) is 0.180. The van der Waals surface area contributed by atoms with Crippen LogP contribution in [-0.4, -0.2) is 32.2 Å². The molecule has 1 saturated carbocycles. The van der Waals surface area contributed by atoms with E-state index in [0.29, 0.717) is 30.7 Å². The van der Waals surface area contributed by atoms with Crippen molar-refractivity contribution in [2.24, 2.45) is 11.8 Å². The minimum Gasteiger partial charge on any atom is -0.481 e. The molecule has 0 amide bonds. The number of sulfonamides is 1. The van der Waals surface area contributed by atoms with E-state index >= 15 is 0 Å². The molecule has 1 aromatic carbocycles. The molecule has 0 aromatic heterocycles. The van der Waals surface area contributed by atoms with Gasteiger partial charge in [0.1, 0.15) is 6.17 Å². The van der Waals surface area contributed by atoms with Crippen molar-refractivity contribution in [3.63, 3.8) is 0 Å². The molecule has 0 unspecified atom stereocenters. The summed E-state index contributed by atoms with van der Waals surface area (Å²) in [5.74, 6) is -1.21. The van der Waals surface area contributed by atoms with Crippen molar-refractivity contribution in [3.8, 4) is 0 Å². The number of carboxylic acids is 1. The first-order chi connectivity index (χ1) is 12.3. The van der Waals surface area contributed by atoms with Crippen LogP contribution in [-0.2, 0) is 14.8 Å². The molecule has 1 aliphatic rings. The first-order valence-electron chi connectivity index (χ1n) is 8.55. The van der Waals surface area contributed by atoms with Crippen LogP contribution in [0.2, 0.25) is 5.02 Å². The van der Waals surface area contributed by atoms with Gasteiger partial charge in [-0.2, -0.15) is 0 Å². The van der Waals surface area contributed by atoms with Crippen molar-refractivity contribution in [1.29, 1.82) is 0 Å². The number of carboxylic acid groups (broad SMARTS) is 1. The molecule has 0 bridgehead atoms. The standard InChI is InChI=1S/C18H23ClFNO4S/c19-14-7-9-15(10-8-14)26(24,25)21-12-13-6-11-17(20)16(13)4-2-1-3-5-18(22)23/h1-2,7-10,13,16-17,21H,3-6,11-12H2,(H,22,23)/b2-1-/t13-,16-,17+/m1/s1. The van der Waals surface area contributed by atoms with E-state index in [1.807, 2.05) is 0 Å². The highest BCUT2D eigenvalue weighted by Crippen LogP contribution is 2.36. The number of carbonyl (C=O) groups is 1. The number of nitrogens with one attached hydrogen (secondary N) is 1. The lowest BCUT2D eigenvalue weighted by molar-refractivity contribution is -0.136. The van der Waals surface area contributed by atoms with Gasteiger partial charge in [0.25, 0.3) is 0 Å². The summed E-state index contributed by atoms with van der Waals surface area (Å²) in [7, 11) is -3.66. The molecule has 0 heterocycles. The number of hydrogen-bond donors (Lipinski definition) is 2. The third kappa shape index (κ3) is 6.07. The summed E-state index contributed by atoms with van der Waals surface area (Å²) in [6.07, 6.45) is 4.55. The van der Waals surface area contributed by atoms with Gasteiger partial charge in [-0.25, -0.2) is 17.5 Å². The predicted molar refractivity (Wildman–Crippen MR) is 98.4 cm³/mol. The Labute approximate surface area is 158 Å². The lowest BCUT2D eigenvalue weighted by Gasteiger charge is -2.20. The first kappa shape index (κ1) is 20.9. The van der Waals surface area contributed by atoms with E-state index < -0.39 is 22.2 Å². The topological polar surface area (TPSA) is 83.5 Å². The van der Waals surface area contributed by atoms with Gasteiger partial charge in [0.05, 0.1) is 4.90 Å². The molecule has 26 heavy (non-hydrogen) atoms. The molecule has 144 valence electrons. The molecule has 0 aliphatic heterocycles. The van der Waals surface area contributed by atoms with Crippen LogP contribution in [0, 0.1) is 11.8 Å². The number of allylic oxidation sites excluding steroid dienone is 2. The van der Waals surface area contributed by atoms with Gasteiger partial charge in [-0.1, -0.05) is 23.8 Å². The third-order valence-electron chi connectivity index (χ3n) is 4.64. The fourth-order valence-electron chi connectivity index (χ4n) is 3.18. The lowest BCUT2D eigenvalue weighted by atomic mass is 9.92. The number of alkyl halides is 1. The summed E-state index contributed by atoms with van der Waals surface area (Å²) in [4.78, 5) is 10.6. The monoisotopic (exact) mass is 403 g/mol. The first-order valence-corrected chi connectivity index (χ1v) is 10.4. The number of rotatable bonds is 9. The maximum Gasteiger partial charge on any atom is 0.303 e. The van der Waals surface area contributed by atoms with Gasteiger partial charge in [-0.05, 0) is 61.8 Å². The van der Waals surface area contributed by atoms with E-state index in [1.54, 1.807) is 12.2 Å². The molecule has 8 heteroatoms. The minimum absolute atomic E-state index is 0.0462. The highest BCUT2D eigenvalue weighted by molar-refractivity contribution is 7.89. The van der Waals surface area contributed by atoms with Gasteiger partial charge in [0, 0.05) is 18.0 Å². The summed E-state index contributed by atoms with van der Waals surface area (Å²) in [6, 6.07) is 5.88. The van der Waals surface area contributed by atoms with Crippen molar-refractivity contribution in [1.82, 2.24) is 4.72 Å². The van der Waals surface area contributed by atoms with Crippen LogP contribution in [0.4, 0.5) is 4.39 Å². The Balaban J connectivity index is 1.90. The Morgan fingerprint density at radius 1 is 1.27 bits per heavy atom. The second kappa shape index (κ2) is 9.48. The Kier molecular flexibility index (Phi) is 7.61. The van der Waals surface area contributed by atoms with E-state index in [4.69, 9.17) is 16.7 Å². The van der Waals surface area contributed by atoms with Crippen molar-refractivity contribution in [2.45, 2.75) is 43.2 Å². The molecule has 1 aromatic rings. The molecular formula is C18H23ClFNO4S. The average molecular weight is 404 g/mol. The molecule has 3 atom stereocenters. The highest BCUT2D eigenvalue weighted by Gasteiger charge is 2.35. The maximum atomic E-state index is 14.1. The van der Waals surface area contributed by atoms with Crippen molar-refractivity contribution in [3.05, 3.63) is 41.4 Å². The van der Waals surface area contributed by atoms with Crippen LogP contribution >= 0.6 is 11.6 Å². The molecule has 5 nitrogen and oxygen atoms in total. The van der Waals surface area contributed by atoms with Crippen molar-refractivity contribution in [2.75, 3.05) is 6.54 Å². The summed E-state index contributed by atoms with van der Waals surface area (Å²) >= 11 is 5.77. The van der Waals surface area contributed by atoms with Gasteiger partial charge < -0.3 is 5.11 Å². The van der Waals surface area contributed by atoms with Gasteiger partial charge in [-0.15, -0.1) is 0 Å². The van der Waals surface area contributed by atoms with Crippen LogP contribution in [0.25, 0.3) is 0 Å². The zero-order chi connectivity index (χ0) is 19.2. The largest absolute Gasteiger partial charge is 0.481 e. The van der Waals surface area contributed by atoms with Crippen LogP contribution in [0.5, 0.6) is 0 Å². The predicted octanol–water partition coefficient (Wildman–Crippen LogP) is 3.79. The minimum atomic E-state index is -3.66. The Bertz CT molecular complexity index is 736. The molecule has 0 radical (unpaired) electrons. The number of aliphatic carboxylic acids is 1. The summed E-state index contributed by atoms with van der Waals surface area (Å²) < 4.78 is 41.4. The Morgan fingerprint density at radius 3 is 2.62 bits per heavy atom. The quantitative estimate of drug-likeness (QED) is 0.614. The van der Waals surface area contributed by atoms with E-state index in [2.05, 4.69) is 4.72 Å². The number of halogens is 2. The fraction of sp³-hybridized carbons (Fsp3) is 0.500. The molecule has 2 N–H and O–H groups in total. The Hall–Kier alpha value is -1.44. The highest BCUT2D eigenvalue weighted by atomic mass is 35.5. The number of hydrogen-bond acceptors (Lipinski definition) is 3. The zero-order valence-electron chi connectivity index (χ0n) is 14.3. The molecule has 0 spiro atoms. The SMILES string of the molecule is O=C(O)CC/C=C\C[C@@H]1[C@@H](CNS(=O)(=O)c2ccc(Cl)cc2)CC[C@@H]1F. The maximum absolute atomic E-state index is 14.1. The normalized spacial score (nSPS) is 23.5. The van der Waals surface area contributed by atoms with Crippen LogP contribution in [0.15, 0.2) is 41.3 Å². The molecule has 2 rings (SSSR count). The molecule has 1 aliphatic carbocycles. The van der Waals surface area contributed by atoms with Crippen molar-refractivity contribution < 1.29 is 22.7 Å². The van der Waals surface area contributed by atoms with Gasteiger partial charge in [-0.3, -0.25) is 4.79 Å². The molecular weight excluding hydrogens is 381 g/mol. The van der Waals surface area contributed by atoms with E-state index in [1.165, 1.54) is 24.3 Å². The Morgan fingerprint density at radius 2 is 1.96 bits per heavy atom. The second-order valence-electron chi connectivity index (χ2n) is 6.46. The van der Waals surface area contributed by atoms with E-state index in [-0.39, 0.29) is 29.7 Å². The van der Waals surface area contributed by atoms with Crippen LogP contribution in [0.1, 0.15) is 32.1 Å². The van der Waals surface area contributed by atoms with Crippen LogP contribution in [0.3, 0.4) is 0 Å². The molecule has 0 saturated heterocycles. The van der Waals surface area contributed by atoms with Crippen LogP contribution < -0.4 is 4.72 Å². The van der Waals surface area contributed by atoms with Gasteiger partial charge >= 0.3 is 5.97 Å². The van der Waals surface area contributed by atoms with Gasteiger partial charge in [0.15, 0.2) is 0 Å². The summed E-state index contributed by atoms with van der Waals surface area (Å²) in [5.41, 5.74) is 0. The molecule has 1 fully saturated rings. The van der Waals surface area contributed by atoms with Crippen molar-refractivity contribution >= 4 is 27.6 Å². The summed E-state index contributed by atoms with van der Waals surface area (Å²) in [5, 5.41) is 9.05. The number of benzene rings is 1. The lowest BCUT2D eigenvalue weighted by Crippen LogP contribution is -2.32. The second-order valence-corrected chi connectivity index (χ2v) is 8.67. The smallest absolute Gasteiger partial charge is 0.303 e. The van der Waals surface area contributed by atoms with Gasteiger partial charge in [0.2, 0.25) is 10.0 Å². The third-order valence-corrected chi connectivity index (χ3v) is 6.33. The van der Waals surface area contributed by atoms with E-state index in [0.717, 1.165) is 0 Å². The zero-order valence-corrected chi connectivity index (χ0v) is 15.8. The van der Waals surface area contributed by atoms with E-state index in [9.17, 15) is 17.6 Å².